The summed E-state index contributed by atoms with van der Waals surface area (Å²) in [7, 11) is 0. The van der Waals surface area contributed by atoms with Crippen LogP contribution in [-0.2, 0) is 4.74 Å². The molecular weight excluding hydrogens is 502 g/mol. The van der Waals surface area contributed by atoms with Crippen molar-refractivity contribution in [3.8, 4) is 11.3 Å². The van der Waals surface area contributed by atoms with Gasteiger partial charge in [-0.1, -0.05) is 6.92 Å². The van der Waals surface area contributed by atoms with Crippen LogP contribution in [0.25, 0.3) is 16.8 Å². The van der Waals surface area contributed by atoms with Crippen LogP contribution in [0, 0.1) is 17.6 Å². The number of hydrogen-bond donors (Lipinski definition) is 3. The van der Waals surface area contributed by atoms with Gasteiger partial charge in [0.25, 0.3) is 0 Å². The molecule has 204 valence electrons. The molecule has 0 bridgehead atoms. The minimum absolute atomic E-state index is 0.0684. The SMILES string of the molecule is C[C@H]1C[C@@H](c2ccncc2Nc2ncc3ccc(-c4c(F)cc(C5CCOCC5)cc4F)nn23)C[C@@H](N)[C@H]1O. The van der Waals surface area contributed by atoms with E-state index in [9.17, 15) is 5.11 Å². The van der Waals surface area contributed by atoms with Gasteiger partial charge in [-0.15, -0.1) is 0 Å². The summed E-state index contributed by atoms with van der Waals surface area (Å²) < 4.78 is 37.5. The van der Waals surface area contributed by atoms with Crippen LogP contribution in [0.15, 0.2) is 48.9 Å². The molecule has 6 rings (SSSR count). The van der Waals surface area contributed by atoms with E-state index in [1.165, 1.54) is 16.6 Å². The predicted octanol–water partition coefficient (Wildman–Crippen LogP) is 4.91. The first-order valence-corrected chi connectivity index (χ1v) is 13.5. The molecule has 1 aliphatic heterocycles. The lowest BCUT2D eigenvalue weighted by atomic mass is 9.74. The van der Waals surface area contributed by atoms with Gasteiger partial charge in [0, 0.05) is 25.5 Å². The molecule has 4 N–H and O–H groups in total. The maximum atomic E-state index is 15.3. The quantitative estimate of drug-likeness (QED) is 0.334. The zero-order chi connectivity index (χ0) is 27.1. The molecule has 0 unspecified atom stereocenters. The number of ether oxygens (including phenoxy) is 1. The van der Waals surface area contributed by atoms with E-state index < -0.39 is 17.7 Å². The Morgan fingerprint density at radius 1 is 1.05 bits per heavy atom. The topological polar surface area (TPSA) is 111 Å². The molecule has 1 aliphatic carbocycles. The van der Waals surface area contributed by atoms with Crippen LogP contribution in [0.5, 0.6) is 0 Å². The number of aliphatic hydroxyl groups excluding tert-OH is 1. The van der Waals surface area contributed by atoms with Crippen LogP contribution in [0.3, 0.4) is 0 Å². The number of rotatable bonds is 5. The highest BCUT2D eigenvalue weighted by atomic mass is 19.1. The third-order valence-corrected chi connectivity index (χ3v) is 8.17. The molecule has 4 atom stereocenters. The maximum Gasteiger partial charge on any atom is 0.229 e. The Hall–Kier alpha value is -3.47. The average molecular weight is 535 g/mol. The molecule has 1 saturated heterocycles. The second-order valence-corrected chi connectivity index (χ2v) is 10.8. The van der Waals surface area contributed by atoms with Gasteiger partial charge in [0.1, 0.15) is 11.6 Å². The fraction of sp³-hybridized carbons (Fsp3) is 0.414. The average Bonchev–Trinajstić information content (AvgIpc) is 3.34. The summed E-state index contributed by atoms with van der Waals surface area (Å²) in [5.74, 6) is -0.603. The Kier molecular flexibility index (Phi) is 7.01. The zero-order valence-electron chi connectivity index (χ0n) is 21.7. The standard InChI is InChI=1S/C29H32F2N6O2/c1-16-10-19(13-24(32)28(16)38)21-4-7-33-15-26(21)35-29-34-14-20-2-3-25(36-37(20)29)27-22(30)11-18(12-23(27)31)17-5-8-39-9-6-17/h2-4,7,11-12,14-17,19,24,28,38H,5-6,8-10,13,32H2,1H3,(H,34,35)/t16-,19+,24+,28-/m0/s1. The first-order chi connectivity index (χ1) is 18.9. The highest BCUT2D eigenvalue weighted by Crippen LogP contribution is 2.39. The Balaban J connectivity index is 1.32. The lowest BCUT2D eigenvalue weighted by Crippen LogP contribution is -2.44. The fourth-order valence-corrected chi connectivity index (χ4v) is 6.02. The van der Waals surface area contributed by atoms with E-state index >= 15 is 8.78 Å². The van der Waals surface area contributed by atoms with E-state index in [1.807, 2.05) is 13.0 Å². The fourth-order valence-electron chi connectivity index (χ4n) is 6.02. The molecule has 0 amide bonds. The van der Waals surface area contributed by atoms with Crippen molar-refractivity contribution in [1.29, 1.82) is 0 Å². The van der Waals surface area contributed by atoms with Gasteiger partial charge in [-0.05, 0) is 84.9 Å². The number of fused-ring (bicyclic) bond motifs is 1. The first-order valence-electron chi connectivity index (χ1n) is 13.5. The van der Waals surface area contributed by atoms with Crippen LogP contribution in [0.4, 0.5) is 20.4 Å². The molecule has 10 heteroatoms. The molecular formula is C29H32F2N6O2. The zero-order valence-corrected chi connectivity index (χ0v) is 21.7. The second kappa shape index (κ2) is 10.6. The van der Waals surface area contributed by atoms with Crippen LogP contribution < -0.4 is 11.1 Å². The number of imidazole rings is 1. The van der Waals surface area contributed by atoms with Crippen molar-refractivity contribution < 1.29 is 18.6 Å². The molecule has 1 saturated carbocycles. The predicted molar refractivity (Wildman–Crippen MR) is 144 cm³/mol. The summed E-state index contributed by atoms with van der Waals surface area (Å²) in [4.78, 5) is 8.75. The number of benzene rings is 1. The lowest BCUT2D eigenvalue weighted by molar-refractivity contribution is 0.0521. The van der Waals surface area contributed by atoms with Gasteiger partial charge >= 0.3 is 0 Å². The maximum absolute atomic E-state index is 15.3. The first kappa shape index (κ1) is 25.8. The number of halogens is 2. The number of pyridine rings is 1. The Labute approximate surface area is 225 Å². The smallest absolute Gasteiger partial charge is 0.229 e. The summed E-state index contributed by atoms with van der Waals surface area (Å²) in [6, 6.07) is 7.81. The van der Waals surface area contributed by atoms with E-state index in [-0.39, 0.29) is 35.1 Å². The monoisotopic (exact) mass is 534 g/mol. The van der Waals surface area contributed by atoms with Crippen LogP contribution >= 0.6 is 0 Å². The highest BCUT2D eigenvalue weighted by molar-refractivity contribution is 5.66. The van der Waals surface area contributed by atoms with Crippen molar-refractivity contribution in [2.75, 3.05) is 18.5 Å². The molecule has 3 aromatic heterocycles. The van der Waals surface area contributed by atoms with Crippen LogP contribution in [-0.4, -0.2) is 50.0 Å². The number of hydrogen-bond acceptors (Lipinski definition) is 7. The Morgan fingerprint density at radius 3 is 2.56 bits per heavy atom. The Morgan fingerprint density at radius 2 is 1.82 bits per heavy atom. The Bertz CT molecular complexity index is 1450. The molecule has 2 aliphatic rings. The number of anilines is 2. The van der Waals surface area contributed by atoms with Crippen molar-refractivity contribution in [2.45, 2.75) is 56.6 Å². The van der Waals surface area contributed by atoms with Crippen molar-refractivity contribution in [3.63, 3.8) is 0 Å². The second-order valence-electron chi connectivity index (χ2n) is 10.8. The van der Waals surface area contributed by atoms with Gasteiger partial charge < -0.3 is 20.9 Å². The molecule has 1 aromatic carbocycles. The number of aliphatic hydroxyl groups is 1. The molecule has 4 aromatic rings. The van der Waals surface area contributed by atoms with Gasteiger partial charge in [-0.3, -0.25) is 4.98 Å². The molecule has 39 heavy (non-hydrogen) atoms. The largest absolute Gasteiger partial charge is 0.391 e. The van der Waals surface area contributed by atoms with Crippen LogP contribution in [0.2, 0.25) is 0 Å². The molecule has 0 radical (unpaired) electrons. The molecule has 4 heterocycles. The summed E-state index contributed by atoms with van der Waals surface area (Å²) >= 11 is 0. The van der Waals surface area contributed by atoms with E-state index in [2.05, 4.69) is 20.4 Å². The normalized spacial score (nSPS) is 24.2. The highest BCUT2D eigenvalue weighted by Gasteiger charge is 2.34. The molecule has 2 fully saturated rings. The van der Waals surface area contributed by atoms with Crippen LogP contribution in [0.1, 0.15) is 55.6 Å². The number of nitrogens with two attached hydrogens (primary N) is 1. The third-order valence-electron chi connectivity index (χ3n) is 8.17. The van der Waals surface area contributed by atoms with E-state index in [1.54, 1.807) is 30.7 Å². The van der Waals surface area contributed by atoms with Crippen molar-refractivity contribution >= 4 is 17.2 Å². The summed E-state index contributed by atoms with van der Waals surface area (Å²) in [6.07, 6.45) is 7.51. The number of nitrogens with zero attached hydrogens (tertiary/aromatic N) is 4. The van der Waals surface area contributed by atoms with Gasteiger partial charge in [0.2, 0.25) is 5.95 Å². The van der Waals surface area contributed by atoms with Crippen molar-refractivity contribution in [1.82, 2.24) is 19.6 Å². The summed E-state index contributed by atoms with van der Waals surface area (Å²) in [5, 5.41) is 18.2. The minimum atomic E-state index is -0.641. The third kappa shape index (κ3) is 4.99. The van der Waals surface area contributed by atoms with E-state index in [4.69, 9.17) is 10.5 Å². The van der Waals surface area contributed by atoms with Gasteiger partial charge in [-0.25, -0.2) is 13.8 Å². The molecule has 8 nitrogen and oxygen atoms in total. The number of aromatic nitrogens is 4. The molecule has 0 spiro atoms. The van der Waals surface area contributed by atoms with Crippen molar-refractivity contribution in [3.05, 3.63) is 71.7 Å². The summed E-state index contributed by atoms with van der Waals surface area (Å²) in [6.45, 7) is 3.20. The minimum Gasteiger partial charge on any atom is -0.391 e. The van der Waals surface area contributed by atoms with E-state index in [0.29, 0.717) is 36.7 Å². The lowest BCUT2D eigenvalue weighted by Gasteiger charge is -2.36. The summed E-state index contributed by atoms with van der Waals surface area (Å²) in [5.41, 5.74) is 9.31. The van der Waals surface area contributed by atoms with Gasteiger partial charge in [0.15, 0.2) is 0 Å². The van der Waals surface area contributed by atoms with Gasteiger partial charge in [0.05, 0.1) is 41.0 Å². The number of nitrogens with one attached hydrogen (secondary N) is 1. The van der Waals surface area contributed by atoms with Gasteiger partial charge in [-0.2, -0.15) is 9.61 Å². The van der Waals surface area contributed by atoms with Crippen molar-refractivity contribution in [2.24, 2.45) is 11.7 Å². The van der Waals surface area contributed by atoms with E-state index in [0.717, 1.165) is 30.5 Å².